The molecular formula is C20H21FN6O2S. The molecule has 0 fully saturated rings. The Morgan fingerprint density at radius 1 is 1.10 bits per heavy atom. The second-order valence-electron chi connectivity index (χ2n) is 6.74. The fourth-order valence-electron chi connectivity index (χ4n) is 2.96. The van der Waals surface area contributed by atoms with Gasteiger partial charge in [-0.1, -0.05) is 35.5 Å². The van der Waals surface area contributed by atoms with E-state index in [1.165, 1.54) is 16.8 Å². The number of hydrogen-bond acceptors (Lipinski definition) is 6. The highest BCUT2D eigenvalue weighted by Gasteiger charge is 2.13. The summed E-state index contributed by atoms with van der Waals surface area (Å²) in [6, 6.07) is 9.78. The van der Waals surface area contributed by atoms with Gasteiger partial charge < -0.3 is 10.6 Å². The Kier molecular flexibility index (Phi) is 6.78. The second kappa shape index (κ2) is 9.49. The van der Waals surface area contributed by atoms with Crippen LogP contribution in [0.4, 0.5) is 10.1 Å². The SMILES string of the molecule is Cc1cc(C)c(NC(=O)CNC(=O)CSc2nnnn2-c2cccc(F)c2)c(C)c1. The van der Waals surface area contributed by atoms with E-state index in [9.17, 15) is 14.0 Å². The van der Waals surface area contributed by atoms with Gasteiger partial charge in [0.2, 0.25) is 17.0 Å². The van der Waals surface area contributed by atoms with Crippen molar-refractivity contribution in [2.45, 2.75) is 25.9 Å². The number of tetrazole rings is 1. The highest BCUT2D eigenvalue weighted by molar-refractivity contribution is 7.99. The van der Waals surface area contributed by atoms with Crippen LogP contribution in [0.1, 0.15) is 16.7 Å². The Labute approximate surface area is 177 Å². The van der Waals surface area contributed by atoms with Crippen molar-refractivity contribution in [3.8, 4) is 5.69 Å². The van der Waals surface area contributed by atoms with Crippen molar-refractivity contribution in [1.29, 1.82) is 0 Å². The molecule has 3 aromatic rings. The summed E-state index contributed by atoms with van der Waals surface area (Å²) in [5.74, 6) is -1.07. The van der Waals surface area contributed by atoms with Crippen LogP contribution in [0.25, 0.3) is 5.69 Å². The lowest BCUT2D eigenvalue weighted by Crippen LogP contribution is -2.34. The number of thioether (sulfide) groups is 1. The van der Waals surface area contributed by atoms with Gasteiger partial charge in [-0.2, -0.15) is 4.68 Å². The van der Waals surface area contributed by atoms with Gasteiger partial charge in [-0.25, -0.2) is 4.39 Å². The van der Waals surface area contributed by atoms with Crippen LogP contribution in [0.3, 0.4) is 0 Å². The fraction of sp³-hybridized carbons (Fsp3) is 0.250. The summed E-state index contributed by atoms with van der Waals surface area (Å²) >= 11 is 1.09. The maximum absolute atomic E-state index is 13.4. The molecule has 0 atom stereocenters. The first kappa shape index (κ1) is 21.4. The first-order chi connectivity index (χ1) is 14.3. The van der Waals surface area contributed by atoms with E-state index >= 15 is 0 Å². The summed E-state index contributed by atoms with van der Waals surface area (Å²) in [5.41, 5.74) is 4.25. The number of anilines is 1. The molecule has 3 rings (SSSR count). The molecule has 156 valence electrons. The molecule has 2 amide bonds. The van der Waals surface area contributed by atoms with Crippen LogP contribution in [0.15, 0.2) is 41.6 Å². The van der Waals surface area contributed by atoms with Gasteiger partial charge in [0.15, 0.2) is 0 Å². The van der Waals surface area contributed by atoms with E-state index in [4.69, 9.17) is 0 Å². The first-order valence-electron chi connectivity index (χ1n) is 9.15. The highest BCUT2D eigenvalue weighted by atomic mass is 32.2. The monoisotopic (exact) mass is 428 g/mol. The molecule has 0 aliphatic carbocycles. The molecule has 10 heteroatoms. The summed E-state index contributed by atoms with van der Waals surface area (Å²) in [7, 11) is 0. The fourth-order valence-corrected chi connectivity index (χ4v) is 3.68. The van der Waals surface area contributed by atoms with E-state index in [0.717, 1.165) is 34.1 Å². The molecule has 1 heterocycles. The van der Waals surface area contributed by atoms with E-state index in [1.807, 2.05) is 32.9 Å². The van der Waals surface area contributed by atoms with Gasteiger partial charge in [-0.3, -0.25) is 9.59 Å². The number of carbonyl (C=O) groups is 2. The van der Waals surface area contributed by atoms with Crippen molar-refractivity contribution < 1.29 is 14.0 Å². The minimum Gasteiger partial charge on any atom is -0.346 e. The Balaban J connectivity index is 1.52. The third kappa shape index (κ3) is 5.41. The zero-order valence-electron chi connectivity index (χ0n) is 16.8. The normalized spacial score (nSPS) is 10.7. The average molecular weight is 428 g/mol. The van der Waals surface area contributed by atoms with Crippen molar-refractivity contribution in [2.75, 3.05) is 17.6 Å². The summed E-state index contributed by atoms with van der Waals surface area (Å²) < 4.78 is 14.8. The van der Waals surface area contributed by atoms with Crippen molar-refractivity contribution in [1.82, 2.24) is 25.5 Å². The van der Waals surface area contributed by atoms with E-state index < -0.39 is 5.82 Å². The quantitative estimate of drug-likeness (QED) is 0.561. The first-order valence-corrected chi connectivity index (χ1v) is 10.1. The largest absolute Gasteiger partial charge is 0.346 e. The van der Waals surface area contributed by atoms with Gasteiger partial charge >= 0.3 is 0 Å². The van der Waals surface area contributed by atoms with Gasteiger partial charge in [-0.05, 0) is 60.5 Å². The molecule has 0 aliphatic heterocycles. The minimum absolute atomic E-state index is 0.00551. The van der Waals surface area contributed by atoms with Crippen molar-refractivity contribution in [3.63, 3.8) is 0 Å². The van der Waals surface area contributed by atoms with Crippen molar-refractivity contribution in [2.24, 2.45) is 0 Å². The maximum atomic E-state index is 13.4. The van der Waals surface area contributed by atoms with Crippen LogP contribution in [0.2, 0.25) is 0 Å². The number of halogens is 1. The third-order valence-corrected chi connectivity index (χ3v) is 5.13. The number of nitrogens with one attached hydrogen (secondary N) is 2. The molecule has 2 N–H and O–H groups in total. The lowest BCUT2D eigenvalue weighted by Gasteiger charge is -2.13. The molecule has 8 nitrogen and oxygen atoms in total. The van der Waals surface area contributed by atoms with Gasteiger partial charge in [0.05, 0.1) is 18.0 Å². The van der Waals surface area contributed by atoms with Crippen molar-refractivity contribution in [3.05, 3.63) is 58.9 Å². The van der Waals surface area contributed by atoms with Crippen LogP contribution in [-0.4, -0.2) is 44.3 Å². The second-order valence-corrected chi connectivity index (χ2v) is 7.68. The van der Waals surface area contributed by atoms with Crippen LogP contribution in [-0.2, 0) is 9.59 Å². The number of rotatable bonds is 7. The average Bonchev–Trinajstić information content (AvgIpc) is 3.16. The molecule has 0 bridgehead atoms. The zero-order valence-corrected chi connectivity index (χ0v) is 17.6. The number of nitrogens with zero attached hydrogens (tertiary/aromatic N) is 4. The minimum atomic E-state index is -0.415. The lowest BCUT2D eigenvalue weighted by molar-refractivity contribution is -0.122. The Morgan fingerprint density at radius 3 is 2.53 bits per heavy atom. The molecule has 0 saturated carbocycles. The van der Waals surface area contributed by atoms with Gasteiger partial charge in [0.25, 0.3) is 0 Å². The molecule has 0 unspecified atom stereocenters. The van der Waals surface area contributed by atoms with Gasteiger partial charge in [0.1, 0.15) is 5.82 Å². The summed E-state index contributed by atoms with van der Waals surface area (Å²) in [6.07, 6.45) is 0. The summed E-state index contributed by atoms with van der Waals surface area (Å²) in [5, 5.41) is 17.0. The van der Waals surface area contributed by atoms with Crippen LogP contribution < -0.4 is 10.6 Å². The molecule has 0 spiro atoms. The smallest absolute Gasteiger partial charge is 0.243 e. The number of benzene rings is 2. The van der Waals surface area contributed by atoms with E-state index in [2.05, 4.69) is 26.2 Å². The molecule has 30 heavy (non-hydrogen) atoms. The molecule has 2 aromatic carbocycles. The predicted octanol–water partition coefficient (Wildman–Crippen LogP) is 2.57. The summed E-state index contributed by atoms with van der Waals surface area (Å²) in [4.78, 5) is 24.3. The number of aromatic nitrogens is 4. The number of amides is 2. The Morgan fingerprint density at radius 2 is 1.83 bits per heavy atom. The van der Waals surface area contributed by atoms with Gasteiger partial charge in [0, 0.05) is 5.69 Å². The molecular weight excluding hydrogens is 407 g/mol. The number of carbonyl (C=O) groups excluding carboxylic acids is 2. The lowest BCUT2D eigenvalue weighted by atomic mass is 10.1. The number of hydrogen-bond donors (Lipinski definition) is 2. The highest BCUT2D eigenvalue weighted by Crippen LogP contribution is 2.22. The van der Waals surface area contributed by atoms with E-state index in [0.29, 0.717) is 10.8 Å². The van der Waals surface area contributed by atoms with E-state index in [-0.39, 0.29) is 24.1 Å². The standard InChI is InChI=1S/C20H21FN6O2S/c1-12-7-13(2)19(14(3)8-12)23-17(28)10-22-18(29)11-30-20-24-25-26-27(20)16-6-4-5-15(21)9-16/h4-9H,10-11H2,1-3H3,(H,22,29)(H,23,28). The van der Waals surface area contributed by atoms with Crippen LogP contribution in [0, 0.1) is 26.6 Å². The third-order valence-electron chi connectivity index (χ3n) is 4.21. The molecule has 0 radical (unpaired) electrons. The molecule has 0 saturated heterocycles. The maximum Gasteiger partial charge on any atom is 0.243 e. The van der Waals surface area contributed by atoms with E-state index in [1.54, 1.807) is 12.1 Å². The van der Waals surface area contributed by atoms with Crippen molar-refractivity contribution >= 4 is 29.3 Å². The van der Waals surface area contributed by atoms with Crippen LogP contribution >= 0.6 is 11.8 Å². The Hall–Kier alpha value is -3.27. The van der Waals surface area contributed by atoms with Gasteiger partial charge in [-0.15, -0.1) is 5.10 Å². The predicted molar refractivity (Wildman–Crippen MR) is 112 cm³/mol. The Bertz CT molecular complexity index is 1060. The molecule has 1 aromatic heterocycles. The zero-order chi connectivity index (χ0) is 21.7. The topological polar surface area (TPSA) is 102 Å². The molecule has 0 aliphatic rings. The summed E-state index contributed by atoms with van der Waals surface area (Å²) in [6.45, 7) is 5.69. The van der Waals surface area contributed by atoms with Crippen LogP contribution in [0.5, 0.6) is 0 Å². The number of aryl methyl sites for hydroxylation is 3.